The van der Waals surface area contributed by atoms with Crippen LogP contribution in [0.2, 0.25) is 19.6 Å². The zero-order chi connectivity index (χ0) is 13.8. The van der Waals surface area contributed by atoms with Gasteiger partial charge in [-0.1, -0.05) is 25.6 Å². The molecule has 0 fully saturated rings. The smallest absolute Gasteiger partial charge is 0.310 e. The molecular weight excluding hydrogens is 244 g/mol. The predicted octanol–water partition coefficient (Wildman–Crippen LogP) is 1.61. The van der Waals surface area contributed by atoms with E-state index in [0.717, 1.165) is 5.56 Å². The fraction of sp³-hybridized carbons (Fsp3) is 0.385. The van der Waals surface area contributed by atoms with Crippen LogP contribution < -0.4 is 5.73 Å². The first-order valence-corrected chi connectivity index (χ1v) is 9.16. The van der Waals surface area contributed by atoms with Crippen molar-refractivity contribution in [2.24, 2.45) is 0 Å². The maximum Gasteiger partial charge on any atom is 0.310 e. The van der Waals surface area contributed by atoms with Crippen LogP contribution >= 0.6 is 0 Å². The molecule has 5 heteroatoms. The molecule has 0 saturated carbocycles. The van der Waals surface area contributed by atoms with Crippen molar-refractivity contribution < 1.29 is 9.53 Å². The van der Waals surface area contributed by atoms with E-state index in [2.05, 4.69) is 40.8 Å². The van der Waals surface area contributed by atoms with E-state index in [1.54, 1.807) is 12.3 Å². The standard InChI is InChI=1S/C13H18N2O2Si/c1-17-13(16)8-10-7-11(14)12(15-9-10)5-6-18(2,3)4/h7,9H,8,14H2,1-4H3. The Labute approximate surface area is 109 Å². The highest BCUT2D eigenvalue weighted by Gasteiger charge is 2.09. The van der Waals surface area contributed by atoms with Crippen LogP contribution in [0.1, 0.15) is 11.3 Å². The predicted molar refractivity (Wildman–Crippen MR) is 74.6 cm³/mol. The number of rotatable bonds is 2. The maximum absolute atomic E-state index is 11.1. The van der Waals surface area contributed by atoms with E-state index in [1.165, 1.54) is 7.11 Å². The lowest BCUT2D eigenvalue weighted by Crippen LogP contribution is -2.16. The van der Waals surface area contributed by atoms with E-state index in [1.807, 2.05) is 0 Å². The monoisotopic (exact) mass is 262 g/mol. The number of anilines is 1. The van der Waals surface area contributed by atoms with Gasteiger partial charge in [0.05, 0.1) is 19.2 Å². The summed E-state index contributed by atoms with van der Waals surface area (Å²) >= 11 is 0. The highest BCUT2D eigenvalue weighted by molar-refractivity contribution is 6.83. The molecule has 0 radical (unpaired) electrons. The Bertz CT molecular complexity index is 510. The van der Waals surface area contributed by atoms with Crippen molar-refractivity contribution in [3.05, 3.63) is 23.5 Å². The number of nitrogen functional groups attached to an aromatic ring is 1. The van der Waals surface area contributed by atoms with Crippen molar-refractivity contribution in [2.75, 3.05) is 12.8 Å². The molecule has 0 bridgehead atoms. The number of ether oxygens (including phenoxy) is 1. The molecule has 0 amide bonds. The molecule has 0 aliphatic heterocycles. The Hall–Kier alpha value is -1.80. The van der Waals surface area contributed by atoms with Gasteiger partial charge in [-0.2, -0.15) is 0 Å². The summed E-state index contributed by atoms with van der Waals surface area (Å²) in [6.45, 7) is 6.46. The van der Waals surface area contributed by atoms with Gasteiger partial charge in [0.2, 0.25) is 0 Å². The van der Waals surface area contributed by atoms with Gasteiger partial charge in [-0.15, -0.1) is 5.54 Å². The molecule has 0 aromatic carbocycles. The number of hydrogen-bond acceptors (Lipinski definition) is 4. The topological polar surface area (TPSA) is 65.2 Å². The van der Waals surface area contributed by atoms with Gasteiger partial charge in [0.25, 0.3) is 0 Å². The van der Waals surface area contributed by atoms with Crippen LogP contribution in [0.5, 0.6) is 0 Å². The van der Waals surface area contributed by atoms with Crippen molar-refractivity contribution in [3.63, 3.8) is 0 Å². The molecule has 0 unspecified atom stereocenters. The summed E-state index contributed by atoms with van der Waals surface area (Å²) in [7, 11) is -0.0852. The summed E-state index contributed by atoms with van der Waals surface area (Å²) in [5.74, 6) is 2.70. The number of esters is 1. The van der Waals surface area contributed by atoms with Crippen molar-refractivity contribution in [2.45, 2.75) is 26.1 Å². The van der Waals surface area contributed by atoms with E-state index in [0.29, 0.717) is 11.4 Å². The minimum atomic E-state index is -1.44. The van der Waals surface area contributed by atoms with Gasteiger partial charge in [0, 0.05) is 6.20 Å². The minimum Gasteiger partial charge on any atom is -0.469 e. The second-order valence-corrected chi connectivity index (χ2v) is 9.78. The highest BCUT2D eigenvalue weighted by Crippen LogP contribution is 2.11. The number of hydrogen-bond donors (Lipinski definition) is 1. The van der Waals surface area contributed by atoms with Crippen LogP contribution in [0.15, 0.2) is 12.3 Å². The molecule has 0 spiro atoms. The molecule has 2 N–H and O–H groups in total. The summed E-state index contributed by atoms with van der Waals surface area (Å²) < 4.78 is 4.59. The van der Waals surface area contributed by atoms with Crippen LogP contribution in [0, 0.1) is 11.5 Å². The first kappa shape index (κ1) is 14.3. The van der Waals surface area contributed by atoms with Gasteiger partial charge in [0.15, 0.2) is 0 Å². The third-order valence-corrected chi connectivity index (χ3v) is 2.98. The Morgan fingerprint density at radius 2 is 2.17 bits per heavy atom. The van der Waals surface area contributed by atoms with E-state index in [-0.39, 0.29) is 12.4 Å². The average molecular weight is 262 g/mol. The van der Waals surface area contributed by atoms with Crippen LogP contribution in [0.4, 0.5) is 5.69 Å². The zero-order valence-electron chi connectivity index (χ0n) is 11.2. The Morgan fingerprint density at radius 3 is 2.67 bits per heavy atom. The molecule has 0 atom stereocenters. The quantitative estimate of drug-likeness (QED) is 0.499. The molecule has 96 valence electrons. The van der Waals surface area contributed by atoms with Crippen LogP contribution in [0.25, 0.3) is 0 Å². The van der Waals surface area contributed by atoms with Gasteiger partial charge >= 0.3 is 5.97 Å². The highest BCUT2D eigenvalue weighted by atomic mass is 28.3. The molecule has 1 heterocycles. The second kappa shape index (κ2) is 5.69. The molecule has 0 aliphatic rings. The van der Waals surface area contributed by atoms with Gasteiger partial charge in [0.1, 0.15) is 13.8 Å². The molecule has 0 aliphatic carbocycles. The molecule has 1 aromatic rings. The summed E-state index contributed by atoms with van der Waals surface area (Å²) in [5, 5.41) is 0. The molecule has 18 heavy (non-hydrogen) atoms. The maximum atomic E-state index is 11.1. The summed E-state index contributed by atoms with van der Waals surface area (Å²) in [5.41, 5.74) is 10.9. The molecule has 0 saturated heterocycles. The van der Waals surface area contributed by atoms with Gasteiger partial charge in [-0.25, -0.2) is 4.98 Å². The van der Waals surface area contributed by atoms with E-state index >= 15 is 0 Å². The van der Waals surface area contributed by atoms with Crippen molar-refractivity contribution in [3.8, 4) is 11.5 Å². The third-order valence-electron chi connectivity index (χ3n) is 2.11. The van der Waals surface area contributed by atoms with Crippen molar-refractivity contribution in [1.29, 1.82) is 0 Å². The Kier molecular flexibility index (Phi) is 4.51. The lowest BCUT2D eigenvalue weighted by Gasteiger charge is -2.05. The SMILES string of the molecule is COC(=O)Cc1cnc(C#C[Si](C)(C)C)c(N)c1. The minimum absolute atomic E-state index is 0.176. The Morgan fingerprint density at radius 1 is 1.50 bits per heavy atom. The number of carbonyl (C=O) groups is 1. The van der Waals surface area contributed by atoms with Crippen LogP contribution in [-0.4, -0.2) is 26.1 Å². The van der Waals surface area contributed by atoms with Crippen LogP contribution in [0.3, 0.4) is 0 Å². The molecule has 1 aromatic heterocycles. The van der Waals surface area contributed by atoms with E-state index < -0.39 is 8.07 Å². The van der Waals surface area contributed by atoms with Crippen molar-refractivity contribution in [1.82, 2.24) is 4.98 Å². The lowest BCUT2D eigenvalue weighted by atomic mass is 10.2. The summed E-state index contributed by atoms with van der Waals surface area (Å²) in [4.78, 5) is 15.3. The molecular formula is C13H18N2O2Si. The largest absolute Gasteiger partial charge is 0.469 e. The van der Waals surface area contributed by atoms with E-state index in [9.17, 15) is 4.79 Å². The molecule has 4 nitrogen and oxygen atoms in total. The number of pyridine rings is 1. The zero-order valence-corrected chi connectivity index (χ0v) is 12.2. The number of nitrogens with zero attached hydrogens (tertiary/aromatic N) is 1. The fourth-order valence-corrected chi connectivity index (χ4v) is 1.71. The van der Waals surface area contributed by atoms with Crippen LogP contribution in [-0.2, 0) is 16.0 Å². The number of carbonyl (C=O) groups excluding carboxylic acids is 1. The average Bonchev–Trinajstić information content (AvgIpc) is 2.26. The number of nitrogens with two attached hydrogens (primary N) is 1. The second-order valence-electron chi connectivity index (χ2n) is 5.03. The first-order chi connectivity index (χ1) is 8.31. The van der Waals surface area contributed by atoms with Gasteiger partial charge < -0.3 is 10.5 Å². The van der Waals surface area contributed by atoms with Gasteiger partial charge in [-0.3, -0.25) is 4.79 Å². The first-order valence-electron chi connectivity index (χ1n) is 5.66. The molecule has 1 rings (SSSR count). The van der Waals surface area contributed by atoms with E-state index in [4.69, 9.17) is 5.73 Å². The fourth-order valence-electron chi connectivity index (χ4n) is 1.21. The van der Waals surface area contributed by atoms with Crippen molar-refractivity contribution >= 4 is 19.7 Å². The number of aromatic nitrogens is 1. The Balaban J connectivity index is 2.92. The number of methoxy groups -OCH3 is 1. The van der Waals surface area contributed by atoms with Gasteiger partial charge in [-0.05, 0) is 11.6 Å². The summed E-state index contributed by atoms with van der Waals surface area (Å²) in [6, 6.07) is 1.72. The normalized spacial score (nSPS) is 10.4. The third kappa shape index (κ3) is 4.59. The lowest BCUT2D eigenvalue weighted by molar-refractivity contribution is -0.139. The summed E-state index contributed by atoms with van der Waals surface area (Å²) in [6.07, 6.45) is 1.79.